The fourth-order valence-electron chi connectivity index (χ4n) is 3.18. The second kappa shape index (κ2) is 10.7. The number of benzene rings is 3. The van der Waals surface area contributed by atoms with E-state index in [0.29, 0.717) is 27.3 Å². The highest BCUT2D eigenvalue weighted by Gasteiger charge is 2.17. The normalized spacial score (nSPS) is 10.8. The summed E-state index contributed by atoms with van der Waals surface area (Å²) in [5.41, 5.74) is 2.51. The summed E-state index contributed by atoms with van der Waals surface area (Å²) in [7, 11) is 1.64. The lowest BCUT2D eigenvalue weighted by molar-refractivity contribution is -0.113. The molecule has 0 spiro atoms. The first-order chi connectivity index (χ1) is 16.0. The number of carbonyl (C=O) groups is 1. The second-order valence-corrected chi connectivity index (χ2v) is 8.84. The zero-order valence-corrected chi connectivity index (χ0v) is 20.0. The van der Waals surface area contributed by atoms with Crippen molar-refractivity contribution in [3.63, 3.8) is 0 Å². The molecule has 0 bridgehead atoms. The Morgan fingerprint density at radius 2 is 1.79 bits per heavy atom. The first-order valence-corrected chi connectivity index (χ1v) is 11.8. The van der Waals surface area contributed by atoms with E-state index in [1.807, 2.05) is 59.2 Å². The average molecular weight is 499 g/mol. The Morgan fingerprint density at radius 3 is 2.48 bits per heavy atom. The highest BCUT2D eigenvalue weighted by molar-refractivity contribution is 7.99. The number of carbonyl (C=O) groups excluding carboxylic acids is 1. The van der Waals surface area contributed by atoms with Crippen molar-refractivity contribution < 1.29 is 9.53 Å². The quantitative estimate of drug-likeness (QED) is 0.306. The standard InChI is InChI=1S/C24H20Cl2N4O2S/c1-32-19-10-7-16(8-11-19)13-22-28-29-24(30(22)18-5-3-2-4-6-18)33-15-23(31)27-21-12-9-17(25)14-20(21)26/h2-12,14H,13,15H2,1H3,(H,27,31). The molecule has 168 valence electrons. The third kappa shape index (κ3) is 5.87. The Balaban J connectivity index is 1.53. The number of nitrogens with zero attached hydrogens (tertiary/aromatic N) is 3. The molecule has 9 heteroatoms. The summed E-state index contributed by atoms with van der Waals surface area (Å²) in [5.74, 6) is 1.51. The number of hydrogen-bond acceptors (Lipinski definition) is 5. The summed E-state index contributed by atoms with van der Waals surface area (Å²) in [6.07, 6.45) is 0.582. The molecular weight excluding hydrogens is 479 g/mol. The molecule has 1 N–H and O–H groups in total. The molecule has 0 saturated heterocycles. The molecule has 1 aromatic heterocycles. The number of anilines is 1. The van der Waals surface area contributed by atoms with Crippen LogP contribution in [-0.2, 0) is 11.2 Å². The molecule has 1 amide bonds. The number of halogens is 2. The van der Waals surface area contributed by atoms with Crippen LogP contribution in [0.2, 0.25) is 10.0 Å². The van der Waals surface area contributed by atoms with E-state index in [9.17, 15) is 4.79 Å². The molecule has 0 unspecified atom stereocenters. The van der Waals surface area contributed by atoms with E-state index in [-0.39, 0.29) is 11.7 Å². The lowest BCUT2D eigenvalue weighted by Crippen LogP contribution is -2.15. The number of methoxy groups -OCH3 is 1. The van der Waals surface area contributed by atoms with E-state index in [4.69, 9.17) is 27.9 Å². The van der Waals surface area contributed by atoms with Crippen LogP contribution in [0.25, 0.3) is 5.69 Å². The Bertz CT molecular complexity index is 1250. The van der Waals surface area contributed by atoms with E-state index in [1.54, 1.807) is 25.3 Å². The maximum atomic E-state index is 12.5. The third-order valence-corrected chi connectivity index (χ3v) is 6.25. The van der Waals surface area contributed by atoms with Crippen molar-refractivity contribution in [3.8, 4) is 11.4 Å². The third-order valence-electron chi connectivity index (χ3n) is 4.77. The molecule has 0 saturated carbocycles. The van der Waals surface area contributed by atoms with Crippen LogP contribution in [-0.4, -0.2) is 33.5 Å². The number of rotatable bonds is 8. The monoisotopic (exact) mass is 498 g/mol. The predicted octanol–water partition coefficient (Wildman–Crippen LogP) is 5.90. The van der Waals surface area contributed by atoms with Gasteiger partial charge < -0.3 is 10.1 Å². The van der Waals surface area contributed by atoms with Crippen molar-refractivity contribution in [1.82, 2.24) is 14.8 Å². The van der Waals surface area contributed by atoms with Crippen molar-refractivity contribution in [3.05, 3.63) is 94.2 Å². The van der Waals surface area contributed by atoms with Crippen molar-refractivity contribution in [2.75, 3.05) is 18.2 Å². The molecule has 1 heterocycles. The van der Waals surface area contributed by atoms with Crippen LogP contribution < -0.4 is 10.1 Å². The molecule has 0 atom stereocenters. The van der Waals surface area contributed by atoms with Crippen LogP contribution in [0.1, 0.15) is 11.4 Å². The van der Waals surface area contributed by atoms with Crippen molar-refractivity contribution in [2.45, 2.75) is 11.6 Å². The SMILES string of the molecule is COc1ccc(Cc2nnc(SCC(=O)Nc3ccc(Cl)cc3Cl)n2-c2ccccc2)cc1. The molecular formula is C24H20Cl2N4O2S. The number of hydrogen-bond donors (Lipinski definition) is 1. The molecule has 6 nitrogen and oxygen atoms in total. The minimum absolute atomic E-state index is 0.145. The minimum atomic E-state index is -0.205. The molecule has 33 heavy (non-hydrogen) atoms. The zero-order valence-electron chi connectivity index (χ0n) is 17.7. The largest absolute Gasteiger partial charge is 0.497 e. The summed E-state index contributed by atoms with van der Waals surface area (Å²) in [5, 5.41) is 13.1. The molecule has 4 aromatic rings. The number of para-hydroxylation sites is 1. The van der Waals surface area contributed by atoms with E-state index in [2.05, 4.69) is 15.5 Å². The number of aromatic nitrogens is 3. The Kier molecular flexibility index (Phi) is 7.54. The first-order valence-electron chi connectivity index (χ1n) is 10.0. The van der Waals surface area contributed by atoms with Crippen molar-refractivity contribution >= 4 is 46.6 Å². The van der Waals surface area contributed by atoms with E-state index in [1.165, 1.54) is 11.8 Å². The first kappa shape index (κ1) is 23.2. The van der Waals surface area contributed by atoms with Gasteiger partial charge in [-0.05, 0) is 48.0 Å². The van der Waals surface area contributed by atoms with Gasteiger partial charge in [-0.15, -0.1) is 10.2 Å². The zero-order chi connectivity index (χ0) is 23.2. The highest BCUT2D eigenvalue weighted by atomic mass is 35.5. The van der Waals surface area contributed by atoms with Gasteiger partial charge in [0.1, 0.15) is 11.6 Å². The molecule has 0 aliphatic heterocycles. The van der Waals surface area contributed by atoms with Gasteiger partial charge in [-0.2, -0.15) is 0 Å². The maximum Gasteiger partial charge on any atom is 0.234 e. The molecule has 0 radical (unpaired) electrons. The summed E-state index contributed by atoms with van der Waals surface area (Å²) in [6, 6.07) is 22.6. The smallest absolute Gasteiger partial charge is 0.234 e. The van der Waals surface area contributed by atoms with Crippen LogP contribution in [0, 0.1) is 0 Å². The Morgan fingerprint density at radius 1 is 1.03 bits per heavy atom. The predicted molar refractivity (Wildman–Crippen MR) is 133 cm³/mol. The van der Waals surface area contributed by atoms with Gasteiger partial charge in [0.2, 0.25) is 5.91 Å². The fourth-order valence-corrected chi connectivity index (χ4v) is 4.40. The minimum Gasteiger partial charge on any atom is -0.497 e. The van der Waals surface area contributed by atoms with Gasteiger partial charge in [0.25, 0.3) is 0 Å². The molecule has 3 aromatic carbocycles. The molecule has 0 aliphatic carbocycles. The topological polar surface area (TPSA) is 69.0 Å². The number of ether oxygens (including phenoxy) is 1. The number of nitrogens with one attached hydrogen (secondary N) is 1. The van der Waals surface area contributed by atoms with Crippen LogP contribution in [0.5, 0.6) is 5.75 Å². The van der Waals surface area contributed by atoms with E-state index < -0.39 is 0 Å². The van der Waals surface area contributed by atoms with Crippen molar-refractivity contribution in [2.24, 2.45) is 0 Å². The van der Waals surface area contributed by atoms with Gasteiger partial charge in [0.05, 0.1) is 23.6 Å². The molecule has 4 rings (SSSR count). The lowest BCUT2D eigenvalue weighted by atomic mass is 10.1. The van der Waals surface area contributed by atoms with E-state index >= 15 is 0 Å². The van der Waals surface area contributed by atoms with Gasteiger partial charge >= 0.3 is 0 Å². The fraction of sp³-hybridized carbons (Fsp3) is 0.125. The number of thioether (sulfide) groups is 1. The summed E-state index contributed by atoms with van der Waals surface area (Å²) >= 11 is 13.4. The van der Waals surface area contributed by atoms with Gasteiger partial charge in [0, 0.05) is 17.1 Å². The van der Waals surface area contributed by atoms with Crippen molar-refractivity contribution in [1.29, 1.82) is 0 Å². The molecule has 0 aliphatic rings. The van der Waals surface area contributed by atoms with Crippen LogP contribution in [0.3, 0.4) is 0 Å². The maximum absolute atomic E-state index is 12.5. The van der Waals surface area contributed by atoms with Gasteiger partial charge in [-0.1, -0.05) is 65.3 Å². The van der Waals surface area contributed by atoms with Crippen LogP contribution in [0.4, 0.5) is 5.69 Å². The average Bonchev–Trinajstić information content (AvgIpc) is 3.23. The second-order valence-electron chi connectivity index (χ2n) is 7.06. The number of amides is 1. The summed E-state index contributed by atoms with van der Waals surface area (Å²) in [6.45, 7) is 0. The summed E-state index contributed by atoms with van der Waals surface area (Å²) < 4.78 is 7.21. The highest BCUT2D eigenvalue weighted by Crippen LogP contribution is 2.27. The lowest BCUT2D eigenvalue weighted by Gasteiger charge is -2.11. The Labute approximate surface area is 205 Å². The summed E-state index contributed by atoms with van der Waals surface area (Å²) in [4.78, 5) is 12.5. The van der Waals surface area contributed by atoms with Gasteiger partial charge in [-0.25, -0.2) is 0 Å². The van der Waals surface area contributed by atoms with Gasteiger partial charge in [0.15, 0.2) is 5.16 Å². The Hall–Kier alpha value is -3.00. The van der Waals surface area contributed by atoms with Crippen LogP contribution >= 0.6 is 35.0 Å². The van der Waals surface area contributed by atoms with E-state index in [0.717, 1.165) is 22.8 Å². The van der Waals surface area contributed by atoms with Gasteiger partial charge in [-0.3, -0.25) is 9.36 Å². The van der Waals surface area contributed by atoms with Crippen LogP contribution in [0.15, 0.2) is 78.0 Å². The molecule has 0 fully saturated rings.